The molecule has 1 aliphatic carbocycles. The van der Waals surface area contributed by atoms with E-state index >= 15 is 0 Å². The number of carbonyl (C=O) groups excluding carboxylic acids is 1. The predicted octanol–water partition coefficient (Wildman–Crippen LogP) is 2.60. The lowest BCUT2D eigenvalue weighted by Crippen LogP contribution is -2.42. The molecule has 1 saturated carbocycles. The van der Waals surface area contributed by atoms with Crippen molar-refractivity contribution in [1.82, 2.24) is 10.6 Å². The summed E-state index contributed by atoms with van der Waals surface area (Å²) in [4.78, 5) is 11.7. The van der Waals surface area contributed by atoms with Gasteiger partial charge in [-0.1, -0.05) is 39.0 Å². The third-order valence-corrected chi connectivity index (χ3v) is 3.54. The van der Waals surface area contributed by atoms with Gasteiger partial charge in [0.05, 0.1) is 6.54 Å². The molecular formula is C14H28N2O. The molecule has 0 spiro atoms. The first-order valence-electron chi connectivity index (χ1n) is 7.25. The zero-order chi connectivity index (χ0) is 12.5. The Morgan fingerprint density at radius 2 is 1.88 bits per heavy atom. The highest BCUT2D eigenvalue weighted by atomic mass is 16.1. The first-order valence-corrected chi connectivity index (χ1v) is 7.25. The van der Waals surface area contributed by atoms with Crippen molar-refractivity contribution in [2.45, 2.75) is 77.3 Å². The van der Waals surface area contributed by atoms with Gasteiger partial charge in [0.2, 0.25) is 5.91 Å². The van der Waals surface area contributed by atoms with Gasteiger partial charge in [0.1, 0.15) is 0 Å². The van der Waals surface area contributed by atoms with E-state index in [0.717, 1.165) is 12.8 Å². The number of carbonyl (C=O) groups is 1. The van der Waals surface area contributed by atoms with E-state index in [9.17, 15) is 4.79 Å². The van der Waals surface area contributed by atoms with Crippen molar-refractivity contribution >= 4 is 5.91 Å². The van der Waals surface area contributed by atoms with Crippen LogP contribution in [0.25, 0.3) is 0 Å². The predicted molar refractivity (Wildman–Crippen MR) is 72.0 cm³/mol. The molecule has 2 N–H and O–H groups in total. The highest BCUT2D eigenvalue weighted by Gasteiger charge is 2.13. The summed E-state index contributed by atoms with van der Waals surface area (Å²) in [6, 6.07) is 0.869. The average molecular weight is 240 g/mol. The van der Waals surface area contributed by atoms with Crippen molar-refractivity contribution in [3.8, 4) is 0 Å². The summed E-state index contributed by atoms with van der Waals surface area (Å²) in [6.07, 6.45) is 10.00. The van der Waals surface area contributed by atoms with E-state index in [1.54, 1.807) is 0 Å². The third-order valence-electron chi connectivity index (χ3n) is 3.54. The lowest BCUT2D eigenvalue weighted by atomic mass is 10.1. The minimum Gasteiger partial charge on any atom is -0.353 e. The molecule has 0 radical (unpaired) electrons. The zero-order valence-corrected chi connectivity index (χ0v) is 11.4. The highest BCUT2D eigenvalue weighted by molar-refractivity contribution is 5.78. The molecule has 1 amide bonds. The highest BCUT2D eigenvalue weighted by Crippen LogP contribution is 2.16. The Hall–Kier alpha value is -0.570. The summed E-state index contributed by atoms with van der Waals surface area (Å²) in [7, 11) is 0. The van der Waals surface area contributed by atoms with Crippen LogP contribution in [0.3, 0.4) is 0 Å². The molecule has 1 unspecified atom stereocenters. The van der Waals surface area contributed by atoms with Crippen molar-refractivity contribution < 1.29 is 4.79 Å². The third kappa shape index (κ3) is 6.67. The van der Waals surface area contributed by atoms with Crippen LogP contribution in [0.4, 0.5) is 0 Å². The average Bonchev–Trinajstić information content (AvgIpc) is 2.55. The first-order chi connectivity index (χ1) is 8.22. The van der Waals surface area contributed by atoms with Crippen molar-refractivity contribution in [3.05, 3.63) is 0 Å². The van der Waals surface area contributed by atoms with Gasteiger partial charge in [-0.2, -0.15) is 0 Å². The van der Waals surface area contributed by atoms with E-state index in [1.807, 2.05) is 0 Å². The molecule has 0 aromatic heterocycles. The van der Waals surface area contributed by atoms with Gasteiger partial charge < -0.3 is 10.6 Å². The minimum atomic E-state index is 0.148. The summed E-state index contributed by atoms with van der Waals surface area (Å²) < 4.78 is 0. The van der Waals surface area contributed by atoms with Crippen LogP contribution in [0.2, 0.25) is 0 Å². The Morgan fingerprint density at radius 1 is 1.24 bits per heavy atom. The quantitative estimate of drug-likeness (QED) is 0.701. The number of rotatable bonds is 6. The Labute approximate surface area is 106 Å². The Balaban J connectivity index is 2.13. The molecule has 1 rings (SSSR count). The van der Waals surface area contributed by atoms with E-state index in [4.69, 9.17) is 0 Å². The lowest BCUT2D eigenvalue weighted by molar-refractivity contribution is -0.121. The monoisotopic (exact) mass is 240 g/mol. The zero-order valence-electron chi connectivity index (χ0n) is 11.4. The SMILES string of the molecule is CCCC(C)NC(=O)CNC1CCCCCC1. The second kappa shape index (κ2) is 8.51. The van der Waals surface area contributed by atoms with Gasteiger partial charge in [0.25, 0.3) is 0 Å². The van der Waals surface area contributed by atoms with Crippen molar-refractivity contribution in [2.75, 3.05) is 6.54 Å². The Kier molecular flexibility index (Phi) is 7.25. The second-order valence-electron chi connectivity index (χ2n) is 5.33. The molecule has 1 fully saturated rings. The van der Waals surface area contributed by atoms with E-state index in [0.29, 0.717) is 18.6 Å². The van der Waals surface area contributed by atoms with Gasteiger partial charge in [-0.05, 0) is 26.2 Å². The number of hydrogen-bond acceptors (Lipinski definition) is 2. The largest absolute Gasteiger partial charge is 0.353 e. The molecule has 0 bridgehead atoms. The van der Waals surface area contributed by atoms with Gasteiger partial charge in [-0.3, -0.25) is 4.79 Å². The van der Waals surface area contributed by atoms with Gasteiger partial charge in [-0.25, -0.2) is 0 Å². The van der Waals surface area contributed by atoms with Crippen LogP contribution in [0.5, 0.6) is 0 Å². The minimum absolute atomic E-state index is 0.148. The smallest absolute Gasteiger partial charge is 0.234 e. The molecule has 3 nitrogen and oxygen atoms in total. The summed E-state index contributed by atoms with van der Waals surface area (Å²) in [5.74, 6) is 0.148. The standard InChI is InChI=1S/C14H28N2O/c1-3-8-12(2)16-14(17)11-15-13-9-6-4-5-7-10-13/h12-13,15H,3-11H2,1-2H3,(H,16,17). The van der Waals surface area contributed by atoms with E-state index in [-0.39, 0.29) is 5.91 Å². The van der Waals surface area contributed by atoms with Crippen molar-refractivity contribution in [1.29, 1.82) is 0 Å². The van der Waals surface area contributed by atoms with Crippen LogP contribution in [0.1, 0.15) is 65.2 Å². The maximum atomic E-state index is 11.7. The van der Waals surface area contributed by atoms with Gasteiger partial charge in [0.15, 0.2) is 0 Å². The Morgan fingerprint density at radius 3 is 2.47 bits per heavy atom. The van der Waals surface area contributed by atoms with E-state index in [2.05, 4.69) is 24.5 Å². The fourth-order valence-corrected chi connectivity index (χ4v) is 2.55. The molecule has 3 heteroatoms. The maximum Gasteiger partial charge on any atom is 0.234 e. The Bertz CT molecular complexity index is 210. The van der Waals surface area contributed by atoms with Crippen LogP contribution < -0.4 is 10.6 Å². The molecule has 1 atom stereocenters. The molecular weight excluding hydrogens is 212 g/mol. The van der Waals surface area contributed by atoms with Gasteiger partial charge >= 0.3 is 0 Å². The summed E-state index contributed by atoms with van der Waals surface area (Å²) in [6.45, 7) is 4.71. The normalized spacial score (nSPS) is 19.6. The van der Waals surface area contributed by atoms with E-state index < -0.39 is 0 Å². The van der Waals surface area contributed by atoms with E-state index in [1.165, 1.54) is 38.5 Å². The summed E-state index contributed by atoms with van der Waals surface area (Å²) in [5.41, 5.74) is 0. The van der Waals surface area contributed by atoms with Crippen LogP contribution >= 0.6 is 0 Å². The lowest BCUT2D eigenvalue weighted by Gasteiger charge is -2.17. The number of amides is 1. The molecule has 100 valence electrons. The maximum absolute atomic E-state index is 11.7. The van der Waals surface area contributed by atoms with Crippen LogP contribution in [0, 0.1) is 0 Å². The topological polar surface area (TPSA) is 41.1 Å². The molecule has 0 aliphatic heterocycles. The van der Waals surface area contributed by atoms with Gasteiger partial charge in [-0.15, -0.1) is 0 Å². The molecule has 17 heavy (non-hydrogen) atoms. The fourth-order valence-electron chi connectivity index (χ4n) is 2.55. The van der Waals surface area contributed by atoms with Crippen LogP contribution in [-0.2, 0) is 4.79 Å². The summed E-state index contributed by atoms with van der Waals surface area (Å²) in [5, 5.41) is 6.43. The number of nitrogens with one attached hydrogen (secondary N) is 2. The molecule has 0 saturated heterocycles. The molecule has 0 heterocycles. The number of hydrogen-bond donors (Lipinski definition) is 2. The second-order valence-corrected chi connectivity index (χ2v) is 5.33. The van der Waals surface area contributed by atoms with Crippen LogP contribution in [-0.4, -0.2) is 24.5 Å². The van der Waals surface area contributed by atoms with Crippen molar-refractivity contribution in [2.24, 2.45) is 0 Å². The van der Waals surface area contributed by atoms with Crippen molar-refractivity contribution in [3.63, 3.8) is 0 Å². The molecule has 1 aliphatic rings. The summed E-state index contributed by atoms with van der Waals surface area (Å²) >= 11 is 0. The first kappa shape index (κ1) is 14.5. The van der Waals surface area contributed by atoms with Gasteiger partial charge in [0, 0.05) is 12.1 Å². The van der Waals surface area contributed by atoms with Crippen LogP contribution in [0.15, 0.2) is 0 Å². The molecule has 0 aromatic rings. The molecule has 0 aromatic carbocycles. The fraction of sp³-hybridized carbons (Fsp3) is 0.929.